The maximum absolute atomic E-state index is 6.17. The van der Waals surface area contributed by atoms with Gasteiger partial charge in [0, 0.05) is 13.1 Å². The molecule has 3 heteroatoms. The van der Waals surface area contributed by atoms with Crippen LogP contribution in [-0.2, 0) is 0 Å². The molecule has 0 amide bonds. The van der Waals surface area contributed by atoms with Crippen molar-refractivity contribution in [2.45, 2.75) is 64.5 Å². The first-order valence-corrected chi connectivity index (χ1v) is 8.36. The number of para-hydroxylation sites is 1. The lowest BCUT2D eigenvalue weighted by atomic mass is 10.1. The summed E-state index contributed by atoms with van der Waals surface area (Å²) in [6.45, 7) is 4.67. The highest BCUT2D eigenvalue weighted by atomic mass is 35.5. The number of nitrogens with zero attached hydrogens (tertiary/aromatic N) is 1. The Balaban J connectivity index is 0.00000220. The summed E-state index contributed by atoms with van der Waals surface area (Å²) in [6.07, 6.45) is 10.8. The molecule has 1 fully saturated rings. The fourth-order valence-electron chi connectivity index (χ4n) is 2.92. The molecule has 1 unspecified atom stereocenters. The molecule has 1 aliphatic rings. The monoisotopic (exact) mass is 311 g/mol. The van der Waals surface area contributed by atoms with Gasteiger partial charge in [-0.2, -0.15) is 0 Å². The first kappa shape index (κ1) is 18.3. The van der Waals surface area contributed by atoms with Crippen LogP contribution < -0.4 is 4.74 Å². The largest absolute Gasteiger partial charge is 0.475 e. The topological polar surface area (TPSA) is 12.5 Å². The number of hydrogen-bond acceptors (Lipinski definition) is 2. The SMILES string of the molecule is CCCCCCCN1CCCCC1Oc1ccccc1.Cl. The van der Waals surface area contributed by atoms with Crippen molar-refractivity contribution in [2.75, 3.05) is 13.1 Å². The molecule has 0 aliphatic carbocycles. The number of rotatable bonds is 8. The fraction of sp³-hybridized carbons (Fsp3) is 0.667. The summed E-state index contributed by atoms with van der Waals surface area (Å²) in [5.41, 5.74) is 0. The number of benzene rings is 1. The van der Waals surface area contributed by atoms with Gasteiger partial charge in [-0.1, -0.05) is 50.8 Å². The van der Waals surface area contributed by atoms with Crippen LogP contribution in [0.15, 0.2) is 30.3 Å². The summed E-state index contributed by atoms with van der Waals surface area (Å²) in [4.78, 5) is 2.54. The Morgan fingerprint density at radius 1 is 1.05 bits per heavy atom. The van der Waals surface area contributed by atoms with Crippen LogP contribution in [0.3, 0.4) is 0 Å². The van der Waals surface area contributed by atoms with Crippen LogP contribution in [0.4, 0.5) is 0 Å². The third-order valence-corrected chi connectivity index (χ3v) is 4.12. The van der Waals surface area contributed by atoms with Gasteiger partial charge < -0.3 is 4.74 Å². The van der Waals surface area contributed by atoms with E-state index in [4.69, 9.17) is 4.74 Å². The molecule has 120 valence electrons. The molecule has 2 rings (SSSR count). The van der Waals surface area contributed by atoms with E-state index in [2.05, 4.69) is 24.0 Å². The summed E-state index contributed by atoms with van der Waals surface area (Å²) < 4.78 is 6.17. The van der Waals surface area contributed by atoms with Gasteiger partial charge >= 0.3 is 0 Å². The van der Waals surface area contributed by atoms with Crippen molar-refractivity contribution in [2.24, 2.45) is 0 Å². The van der Waals surface area contributed by atoms with Gasteiger partial charge in [0.2, 0.25) is 0 Å². The van der Waals surface area contributed by atoms with Crippen molar-refractivity contribution < 1.29 is 4.74 Å². The predicted molar refractivity (Wildman–Crippen MR) is 92.3 cm³/mol. The van der Waals surface area contributed by atoms with Crippen LogP contribution in [0.1, 0.15) is 58.3 Å². The van der Waals surface area contributed by atoms with Gasteiger partial charge in [0.1, 0.15) is 5.75 Å². The Morgan fingerprint density at radius 3 is 2.57 bits per heavy atom. The highest BCUT2D eigenvalue weighted by Crippen LogP contribution is 2.22. The van der Waals surface area contributed by atoms with Crippen molar-refractivity contribution in [3.05, 3.63) is 30.3 Å². The molecule has 2 nitrogen and oxygen atoms in total. The second-order valence-corrected chi connectivity index (χ2v) is 5.83. The molecule has 0 spiro atoms. The average Bonchev–Trinajstić information content (AvgIpc) is 2.50. The summed E-state index contributed by atoms with van der Waals surface area (Å²) in [5, 5.41) is 0. The lowest BCUT2D eigenvalue weighted by molar-refractivity contribution is -0.00473. The molecule has 0 radical (unpaired) electrons. The van der Waals surface area contributed by atoms with Crippen molar-refractivity contribution >= 4 is 12.4 Å². The van der Waals surface area contributed by atoms with Crippen molar-refractivity contribution in [3.63, 3.8) is 0 Å². The first-order valence-electron chi connectivity index (χ1n) is 8.36. The smallest absolute Gasteiger partial charge is 0.152 e. The fourth-order valence-corrected chi connectivity index (χ4v) is 2.92. The molecule has 1 atom stereocenters. The van der Waals surface area contributed by atoms with E-state index in [0.717, 1.165) is 5.75 Å². The van der Waals surface area contributed by atoms with E-state index in [-0.39, 0.29) is 18.6 Å². The van der Waals surface area contributed by atoms with Crippen LogP contribution in [0, 0.1) is 0 Å². The van der Waals surface area contributed by atoms with Crippen molar-refractivity contribution in [3.8, 4) is 5.75 Å². The second kappa shape index (κ2) is 10.9. The molecule has 0 bridgehead atoms. The Kier molecular flexibility index (Phi) is 9.53. The maximum Gasteiger partial charge on any atom is 0.152 e. The summed E-state index contributed by atoms with van der Waals surface area (Å²) >= 11 is 0. The van der Waals surface area contributed by atoms with Gasteiger partial charge in [-0.05, 0) is 37.8 Å². The van der Waals surface area contributed by atoms with Gasteiger partial charge in [-0.3, -0.25) is 4.90 Å². The number of likely N-dealkylation sites (tertiary alicyclic amines) is 1. The van der Waals surface area contributed by atoms with E-state index >= 15 is 0 Å². The minimum atomic E-state index is 0. The van der Waals surface area contributed by atoms with Crippen molar-refractivity contribution in [1.82, 2.24) is 4.90 Å². The highest BCUT2D eigenvalue weighted by Gasteiger charge is 2.23. The average molecular weight is 312 g/mol. The molecule has 1 heterocycles. The number of unbranched alkanes of at least 4 members (excludes halogenated alkanes) is 4. The zero-order chi connectivity index (χ0) is 14.0. The zero-order valence-electron chi connectivity index (χ0n) is 13.3. The standard InChI is InChI=1S/C18H29NO.ClH/c1-2-3-4-5-10-15-19-16-11-9-14-18(19)20-17-12-7-6-8-13-17;/h6-8,12-13,18H,2-5,9-11,14-16H2,1H3;1H. The van der Waals surface area contributed by atoms with Gasteiger partial charge in [0.25, 0.3) is 0 Å². The molecular formula is C18H30ClNO. The second-order valence-electron chi connectivity index (χ2n) is 5.83. The number of ether oxygens (including phenoxy) is 1. The van der Waals surface area contributed by atoms with E-state index in [0.29, 0.717) is 0 Å². The summed E-state index contributed by atoms with van der Waals surface area (Å²) in [7, 11) is 0. The molecule has 1 aromatic carbocycles. The van der Waals surface area contributed by atoms with Crippen LogP contribution in [-0.4, -0.2) is 24.2 Å². The van der Waals surface area contributed by atoms with Gasteiger partial charge in [0.15, 0.2) is 6.23 Å². The number of hydrogen-bond donors (Lipinski definition) is 0. The zero-order valence-corrected chi connectivity index (χ0v) is 14.1. The van der Waals surface area contributed by atoms with Crippen LogP contribution in [0.25, 0.3) is 0 Å². The van der Waals surface area contributed by atoms with E-state index in [1.165, 1.54) is 64.5 Å². The molecule has 1 saturated heterocycles. The maximum atomic E-state index is 6.17. The minimum Gasteiger partial charge on any atom is -0.475 e. The van der Waals surface area contributed by atoms with E-state index < -0.39 is 0 Å². The third kappa shape index (κ3) is 6.71. The van der Waals surface area contributed by atoms with E-state index in [1.807, 2.05) is 18.2 Å². The quantitative estimate of drug-likeness (QED) is 0.606. The van der Waals surface area contributed by atoms with Gasteiger partial charge in [-0.25, -0.2) is 0 Å². The predicted octanol–water partition coefficient (Wildman–Crippen LogP) is 5.27. The lowest BCUT2D eigenvalue weighted by Gasteiger charge is -2.35. The first-order chi connectivity index (χ1) is 9.90. The Hall–Kier alpha value is -0.730. The summed E-state index contributed by atoms with van der Waals surface area (Å²) in [6, 6.07) is 10.3. The lowest BCUT2D eigenvalue weighted by Crippen LogP contribution is -2.43. The third-order valence-electron chi connectivity index (χ3n) is 4.12. The van der Waals surface area contributed by atoms with Gasteiger partial charge in [-0.15, -0.1) is 12.4 Å². The Labute approximate surface area is 136 Å². The van der Waals surface area contributed by atoms with Gasteiger partial charge in [0.05, 0.1) is 0 Å². The Morgan fingerprint density at radius 2 is 1.81 bits per heavy atom. The molecule has 0 N–H and O–H groups in total. The van der Waals surface area contributed by atoms with E-state index in [9.17, 15) is 0 Å². The van der Waals surface area contributed by atoms with Crippen molar-refractivity contribution in [1.29, 1.82) is 0 Å². The number of halogens is 1. The Bertz CT molecular complexity index is 357. The van der Waals surface area contributed by atoms with E-state index in [1.54, 1.807) is 0 Å². The minimum absolute atomic E-state index is 0. The molecular weight excluding hydrogens is 282 g/mol. The normalized spacial score (nSPS) is 19.0. The molecule has 0 aromatic heterocycles. The summed E-state index contributed by atoms with van der Waals surface area (Å²) in [5.74, 6) is 1.01. The van der Waals surface area contributed by atoms with Crippen LogP contribution in [0.2, 0.25) is 0 Å². The molecule has 21 heavy (non-hydrogen) atoms. The van der Waals surface area contributed by atoms with Crippen LogP contribution in [0.5, 0.6) is 5.75 Å². The molecule has 1 aliphatic heterocycles. The molecule has 0 saturated carbocycles. The molecule has 1 aromatic rings. The number of piperidine rings is 1. The highest BCUT2D eigenvalue weighted by molar-refractivity contribution is 5.85. The van der Waals surface area contributed by atoms with Crippen LogP contribution >= 0.6 is 12.4 Å².